The Labute approximate surface area is 129 Å². The van der Waals surface area contributed by atoms with Gasteiger partial charge in [-0.3, -0.25) is 0 Å². The SMILES string of the molecule is NC(Cc1ccc(F)cc1Cl)Cc1cc(F)ccc1Br. The van der Waals surface area contributed by atoms with Crippen LogP contribution in [0.15, 0.2) is 40.9 Å². The van der Waals surface area contributed by atoms with Crippen LogP contribution in [0.4, 0.5) is 8.78 Å². The van der Waals surface area contributed by atoms with Gasteiger partial charge >= 0.3 is 0 Å². The second-order valence-electron chi connectivity index (χ2n) is 4.64. The largest absolute Gasteiger partial charge is 0.327 e. The molecule has 1 nitrogen and oxygen atoms in total. The van der Waals surface area contributed by atoms with E-state index in [0.717, 1.165) is 15.6 Å². The van der Waals surface area contributed by atoms with E-state index in [0.29, 0.717) is 17.9 Å². The molecule has 0 aliphatic heterocycles. The third-order valence-electron chi connectivity index (χ3n) is 2.99. The summed E-state index contributed by atoms with van der Waals surface area (Å²) in [6.07, 6.45) is 1.01. The third kappa shape index (κ3) is 4.01. The smallest absolute Gasteiger partial charge is 0.124 e. The van der Waals surface area contributed by atoms with Gasteiger partial charge in [0.25, 0.3) is 0 Å². The summed E-state index contributed by atoms with van der Waals surface area (Å²) >= 11 is 9.34. The predicted octanol–water partition coefficient (Wildman–Crippen LogP) is 4.49. The quantitative estimate of drug-likeness (QED) is 0.854. The minimum absolute atomic E-state index is 0.226. The molecule has 106 valence electrons. The molecule has 0 aliphatic carbocycles. The van der Waals surface area contributed by atoms with Crippen LogP contribution in [-0.4, -0.2) is 6.04 Å². The summed E-state index contributed by atoms with van der Waals surface area (Å²) in [5.74, 6) is -0.671. The van der Waals surface area contributed by atoms with Gasteiger partial charge < -0.3 is 5.73 Å². The Balaban J connectivity index is 2.08. The fourth-order valence-electron chi connectivity index (χ4n) is 2.02. The minimum Gasteiger partial charge on any atom is -0.327 e. The molecule has 1 atom stereocenters. The van der Waals surface area contributed by atoms with Crippen molar-refractivity contribution in [3.8, 4) is 0 Å². The highest BCUT2D eigenvalue weighted by Gasteiger charge is 2.11. The van der Waals surface area contributed by atoms with Crippen LogP contribution in [0.2, 0.25) is 5.02 Å². The van der Waals surface area contributed by atoms with Gasteiger partial charge in [-0.2, -0.15) is 0 Å². The molecule has 2 aromatic rings. The van der Waals surface area contributed by atoms with Crippen molar-refractivity contribution in [2.75, 3.05) is 0 Å². The van der Waals surface area contributed by atoms with Crippen molar-refractivity contribution < 1.29 is 8.78 Å². The van der Waals surface area contributed by atoms with Gasteiger partial charge in [0.05, 0.1) is 0 Å². The first-order chi connectivity index (χ1) is 9.45. The lowest BCUT2D eigenvalue weighted by Gasteiger charge is -2.14. The molecule has 2 N–H and O–H groups in total. The van der Waals surface area contributed by atoms with Crippen molar-refractivity contribution in [3.63, 3.8) is 0 Å². The van der Waals surface area contributed by atoms with Gasteiger partial charge in [0.15, 0.2) is 0 Å². The van der Waals surface area contributed by atoms with Gasteiger partial charge in [-0.1, -0.05) is 33.6 Å². The summed E-state index contributed by atoms with van der Waals surface area (Å²) in [5.41, 5.74) is 7.65. The van der Waals surface area contributed by atoms with Crippen molar-refractivity contribution in [2.24, 2.45) is 5.73 Å². The van der Waals surface area contributed by atoms with E-state index in [1.165, 1.54) is 24.3 Å². The van der Waals surface area contributed by atoms with Crippen molar-refractivity contribution >= 4 is 27.5 Å². The van der Waals surface area contributed by atoms with Crippen LogP contribution in [0, 0.1) is 11.6 Å². The number of rotatable bonds is 4. The Morgan fingerprint density at radius 3 is 2.30 bits per heavy atom. The highest BCUT2D eigenvalue weighted by Crippen LogP contribution is 2.22. The standard InChI is InChI=1S/C15H13BrClF2N/c16-14-4-3-11(18)5-10(14)7-13(20)6-9-1-2-12(19)8-15(9)17/h1-5,8,13H,6-7,20H2. The lowest BCUT2D eigenvalue weighted by molar-refractivity contribution is 0.614. The molecule has 20 heavy (non-hydrogen) atoms. The topological polar surface area (TPSA) is 26.0 Å². The molecule has 0 heterocycles. The fraction of sp³-hybridized carbons (Fsp3) is 0.200. The number of halogens is 4. The number of hydrogen-bond donors (Lipinski definition) is 1. The van der Waals surface area contributed by atoms with Gasteiger partial charge in [0.1, 0.15) is 11.6 Å². The average molecular weight is 361 g/mol. The van der Waals surface area contributed by atoms with Crippen molar-refractivity contribution in [1.29, 1.82) is 0 Å². The van der Waals surface area contributed by atoms with Crippen LogP contribution in [0.1, 0.15) is 11.1 Å². The zero-order valence-corrected chi connectivity index (χ0v) is 12.9. The first kappa shape index (κ1) is 15.4. The number of hydrogen-bond acceptors (Lipinski definition) is 1. The summed E-state index contributed by atoms with van der Waals surface area (Å²) in [4.78, 5) is 0. The van der Waals surface area contributed by atoms with Crippen molar-refractivity contribution in [1.82, 2.24) is 0 Å². The van der Waals surface area contributed by atoms with Crippen LogP contribution in [-0.2, 0) is 12.8 Å². The zero-order chi connectivity index (χ0) is 14.7. The highest BCUT2D eigenvalue weighted by molar-refractivity contribution is 9.10. The molecular formula is C15H13BrClF2N. The summed E-state index contributed by atoms with van der Waals surface area (Å²) in [6.45, 7) is 0. The van der Waals surface area contributed by atoms with Crippen molar-refractivity contribution in [2.45, 2.75) is 18.9 Å². The maximum absolute atomic E-state index is 13.2. The molecule has 0 fully saturated rings. The van der Waals surface area contributed by atoms with E-state index in [2.05, 4.69) is 15.9 Å². The molecule has 0 spiro atoms. The minimum atomic E-state index is -0.375. The molecular weight excluding hydrogens is 348 g/mol. The average Bonchev–Trinajstić information content (AvgIpc) is 2.37. The lowest BCUT2D eigenvalue weighted by atomic mass is 9.99. The summed E-state index contributed by atoms with van der Waals surface area (Å²) < 4.78 is 27.0. The molecule has 0 amide bonds. The van der Waals surface area contributed by atoms with E-state index in [9.17, 15) is 8.78 Å². The van der Waals surface area contributed by atoms with Gasteiger partial charge in [-0.05, 0) is 54.3 Å². The van der Waals surface area contributed by atoms with E-state index >= 15 is 0 Å². The number of benzene rings is 2. The molecule has 0 saturated carbocycles. The molecule has 1 unspecified atom stereocenters. The second kappa shape index (κ2) is 6.66. The third-order valence-corrected chi connectivity index (χ3v) is 4.11. The molecule has 2 rings (SSSR count). The van der Waals surface area contributed by atoms with Crippen LogP contribution < -0.4 is 5.73 Å². The van der Waals surface area contributed by atoms with Gasteiger partial charge in [0.2, 0.25) is 0 Å². The molecule has 0 radical (unpaired) electrons. The molecule has 0 aromatic heterocycles. The van der Waals surface area contributed by atoms with Crippen LogP contribution in [0.3, 0.4) is 0 Å². The van der Waals surface area contributed by atoms with Crippen LogP contribution >= 0.6 is 27.5 Å². The van der Waals surface area contributed by atoms with Crippen LogP contribution in [0.5, 0.6) is 0 Å². The van der Waals surface area contributed by atoms with Gasteiger partial charge in [0, 0.05) is 15.5 Å². The van der Waals surface area contributed by atoms with E-state index in [-0.39, 0.29) is 17.7 Å². The lowest BCUT2D eigenvalue weighted by Crippen LogP contribution is -2.26. The molecule has 0 bridgehead atoms. The van der Waals surface area contributed by atoms with Crippen molar-refractivity contribution in [3.05, 3.63) is 68.7 Å². The Hall–Kier alpha value is -0.970. The van der Waals surface area contributed by atoms with Gasteiger partial charge in [-0.25, -0.2) is 8.78 Å². The maximum Gasteiger partial charge on any atom is 0.124 e. The first-order valence-corrected chi connectivity index (χ1v) is 7.26. The molecule has 0 aliphatic rings. The molecule has 0 saturated heterocycles. The summed E-state index contributed by atoms with van der Waals surface area (Å²) in [6, 6.07) is 8.51. The van der Waals surface area contributed by atoms with E-state index in [1.807, 2.05) is 0 Å². The maximum atomic E-state index is 13.2. The monoisotopic (exact) mass is 359 g/mol. The Morgan fingerprint density at radius 1 is 1.00 bits per heavy atom. The Kier molecular flexibility index (Phi) is 5.13. The van der Waals surface area contributed by atoms with E-state index < -0.39 is 0 Å². The van der Waals surface area contributed by atoms with Gasteiger partial charge in [-0.15, -0.1) is 0 Å². The second-order valence-corrected chi connectivity index (χ2v) is 5.90. The molecule has 5 heteroatoms. The summed E-state index contributed by atoms with van der Waals surface area (Å²) in [5, 5.41) is 0.360. The van der Waals surface area contributed by atoms with E-state index in [1.54, 1.807) is 12.1 Å². The first-order valence-electron chi connectivity index (χ1n) is 6.09. The normalized spacial score (nSPS) is 12.4. The molecule has 2 aromatic carbocycles. The Bertz CT molecular complexity index is 619. The predicted molar refractivity (Wildman–Crippen MR) is 80.9 cm³/mol. The fourth-order valence-corrected chi connectivity index (χ4v) is 2.68. The van der Waals surface area contributed by atoms with E-state index in [4.69, 9.17) is 17.3 Å². The Morgan fingerprint density at radius 2 is 1.60 bits per heavy atom. The highest BCUT2D eigenvalue weighted by atomic mass is 79.9. The van der Waals surface area contributed by atoms with Crippen LogP contribution in [0.25, 0.3) is 0 Å². The zero-order valence-electron chi connectivity index (χ0n) is 10.5. The summed E-state index contributed by atoms with van der Waals surface area (Å²) in [7, 11) is 0. The number of nitrogens with two attached hydrogens (primary N) is 1.